The zero-order valence-electron chi connectivity index (χ0n) is 14.6. The lowest BCUT2D eigenvalue weighted by Crippen LogP contribution is -2.22. The number of fused-ring (bicyclic) bond motifs is 1. The topological polar surface area (TPSA) is 59.4 Å². The van der Waals surface area contributed by atoms with E-state index in [2.05, 4.69) is 4.98 Å². The predicted octanol–water partition coefficient (Wildman–Crippen LogP) is 4.46. The average molecular weight is 348 g/mol. The molecule has 0 aliphatic carbocycles. The molecule has 0 saturated carbocycles. The molecule has 1 aromatic heterocycles. The highest BCUT2D eigenvalue weighted by Crippen LogP contribution is 2.30. The lowest BCUT2D eigenvalue weighted by atomic mass is 9.91. The molecule has 0 unspecified atom stereocenters. The van der Waals surface area contributed by atoms with Gasteiger partial charge in [-0.2, -0.15) is 0 Å². The highest BCUT2D eigenvalue weighted by molar-refractivity contribution is 6.35. The van der Waals surface area contributed by atoms with Gasteiger partial charge >= 0.3 is 5.97 Å². The molecule has 128 valence electrons. The molecule has 4 nitrogen and oxygen atoms in total. The number of esters is 1. The lowest BCUT2D eigenvalue weighted by Gasteiger charge is -2.17. The van der Waals surface area contributed by atoms with E-state index >= 15 is 0 Å². The van der Waals surface area contributed by atoms with Gasteiger partial charge in [0.15, 0.2) is 0 Å². The van der Waals surface area contributed by atoms with Crippen LogP contribution in [0.5, 0.6) is 0 Å². The molecule has 0 radical (unpaired) electrons. The van der Waals surface area contributed by atoms with Crippen molar-refractivity contribution in [1.29, 1.82) is 0 Å². The minimum atomic E-state index is -0.720. The molecule has 2 aromatic rings. The van der Waals surface area contributed by atoms with Gasteiger partial charge in [-0.15, -0.1) is 0 Å². The van der Waals surface area contributed by atoms with Crippen LogP contribution in [0.2, 0.25) is 5.02 Å². The van der Waals surface area contributed by atoms with Gasteiger partial charge in [-0.25, -0.2) is 4.98 Å². The number of rotatable bonds is 4. The summed E-state index contributed by atoms with van der Waals surface area (Å²) in [7, 11) is 1.38. The molecule has 0 aliphatic rings. The summed E-state index contributed by atoms with van der Waals surface area (Å²) in [5, 5.41) is 11.2. The van der Waals surface area contributed by atoms with Crippen LogP contribution in [0, 0.1) is 12.3 Å². The third-order valence-electron chi connectivity index (χ3n) is 4.06. The molecule has 0 aliphatic heterocycles. The molecule has 5 heteroatoms. The molecule has 0 amide bonds. The van der Waals surface area contributed by atoms with Gasteiger partial charge in [0.05, 0.1) is 34.9 Å². The quantitative estimate of drug-likeness (QED) is 0.829. The molecule has 0 fully saturated rings. The Labute approximate surface area is 147 Å². The number of benzene rings is 1. The number of aliphatic hydroxyl groups excluding tert-OH is 1. The molecule has 0 spiro atoms. The Kier molecular flexibility index (Phi) is 5.31. The van der Waals surface area contributed by atoms with Crippen molar-refractivity contribution in [2.45, 2.75) is 33.8 Å². The number of pyridine rings is 1. The van der Waals surface area contributed by atoms with Gasteiger partial charge in [0.25, 0.3) is 0 Å². The van der Waals surface area contributed by atoms with Crippen molar-refractivity contribution in [3.63, 3.8) is 0 Å². The number of carbonyl (C=O) groups is 1. The number of carbonyl (C=O) groups excluding carboxylic acids is 1. The van der Waals surface area contributed by atoms with E-state index in [9.17, 15) is 9.90 Å². The van der Waals surface area contributed by atoms with Crippen molar-refractivity contribution in [2.75, 3.05) is 7.11 Å². The number of methoxy groups -OCH3 is 1. The second-order valence-corrected chi connectivity index (χ2v) is 6.83. The number of nitrogens with zero attached hydrogens (tertiary/aromatic N) is 1. The van der Waals surface area contributed by atoms with Crippen LogP contribution in [-0.2, 0) is 9.53 Å². The van der Waals surface area contributed by atoms with Gasteiger partial charge in [-0.3, -0.25) is 4.79 Å². The van der Waals surface area contributed by atoms with Crippen molar-refractivity contribution >= 4 is 34.5 Å². The van der Waals surface area contributed by atoms with E-state index in [0.29, 0.717) is 10.7 Å². The number of hydrogen-bond donors (Lipinski definition) is 1. The highest BCUT2D eigenvalue weighted by atomic mass is 35.5. The number of aliphatic hydroxyl groups is 1. The fourth-order valence-corrected chi connectivity index (χ4v) is 2.71. The van der Waals surface area contributed by atoms with Gasteiger partial charge in [0.1, 0.15) is 0 Å². The first kappa shape index (κ1) is 18.4. The zero-order valence-corrected chi connectivity index (χ0v) is 15.3. The van der Waals surface area contributed by atoms with Crippen LogP contribution in [0.3, 0.4) is 0 Å². The monoisotopic (exact) mass is 347 g/mol. The lowest BCUT2D eigenvalue weighted by molar-refractivity contribution is -0.148. The van der Waals surface area contributed by atoms with Crippen molar-refractivity contribution in [1.82, 2.24) is 4.98 Å². The minimum Gasteiger partial charge on any atom is -0.468 e. The van der Waals surface area contributed by atoms with Gasteiger partial charge in [0, 0.05) is 5.39 Å². The summed E-state index contributed by atoms with van der Waals surface area (Å²) >= 11 is 6.31. The molecule has 2 rings (SSSR count). The van der Waals surface area contributed by atoms with Crippen molar-refractivity contribution in [3.05, 3.63) is 46.1 Å². The SMILES string of the molecule is COC(=O)C(C)(C)C=Cc1ccc2c(Cl)cc([C@@H](C)O)nc2c1C. The van der Waals surface area contributed by atoms with Gasteiger partial charge in [-0.05, 0) is 44.9 Å². The molecule has 1 aromatic carbocycles. The third-order valence-corrected chi connectivity index (χ3v) is 4.38. The van der Waals surface area contributed by atoms with E-state index in [4.69, 9.17) is 16.3 Å². The van der Waals surface area contributed by atoms with Crippen LogP contribution < -0.4 is 0 Å². The fraction of sp³-hybridized carbons (Fsp3) is 0.368. The summed E-state index contributed by atoms with van der Waals surface area (Å²) in [4.78, 5) is 16.3. The summed E-state index contributed by atoms with van der Waals surface area (Å²) in [6, 6.07) is 5.52. The second-order valence-electron chi connectivity index (χ2n) is 6.43. The number of aromatic nitrogens is 1. The Morgan fingerprint density at radius 1 is 1.42 bits per heavy atom. The second kappa shape index (κ2) is 6.91. The summed E-state index contributed by atoms with van der Waals surface area (Å²) in [6.07, 6.45) is 3.01. The first-order valence-electron chi connectivity index (χ1n) is 7.73. The Bertz CT molecular complexity index is 810. The molecule has 1 heterocycles. The highest BCUT2D eigenvalue weighted by Gasteiger charge is 2.25. The minimum absolute atomic E-state index is 0.297. The number of aryl methyl sites for hydroxylation is 1. The van der Waals surface area contributed by atoms with Gasteiger partial charge in [0.2, 0.25) is 0 Å². The Morgan fingerprint density at radius 2 is 2.08 bits per heavy atom. The van der Waals surface area contributed by atoms with E-state index in [-0.39, 0.29) is 5.97 Å². The summed E-state index contributed by atoms with van der Waals surface area (Å²) in [6.45, 7) is 7.20. The van der Waals surface area contributed by atoms with E-state index in [1.165, 1.54) is 7.11 Å². The first-order valence-corrected chi connectivity index (χ1v) is 8.10. The third kappa shape index (κ3) is 3.60. The summed E-state index contributed by atoms with van der Waals surface area (Å²) < 4.78 is 4.81. The van der Waals surface area contributed by atoms with E-state index < -0.39 is 11.5 Å². The number of halogens is 1. The average Bonchev–Trinajstić information content (AvgIpc) is 2.53. The van der Waals surface area contributed by atoms with Crippen LogP contribution in [-0.4, -0.2) is 23.2 Å². The van der Waals surface area contributed by atoms with Crippen LogP contribution >= 0.6 is 11.6 Å². The predicted molar refractivity (Wildman–Crippen MR) is 97.0 cm³/mol. The van der Waals surface area contributed by atoms with Crippen LogP contribution in [0.15, 0.2) is 24.3 Å². The fourth-order valence-electron chi connectivity index (χ4n) is 2.45. The van der Waals surface area contributed by atoms with E-state index in [1.807, 2.05) is 31.2 Å². The van der Waals surface area contributed by atoms with Crippen molar-refractivity contribution in [2.24, 2.45) is 5.41 Å². The molecule has 0 saturated heterocycles. The summed E-state index contributed by atoms with van der Waals surface area (Å²) in [5.41, 5.74) is 2.44. The first-order chi connectivity index (χ1) is 11.2. The normalized spacial score (nSPS) is 13.5. The van der Waals surface area contributed by atoms with Crippen LogP contribution in [0.1, 0.15) is 43.7 Å². The van der Waals surface area contributed by atoms with Gasteiger partial charge in [-0.1, -0.05) is 35.9 Å². The van der Waals surface area contributed by atoms with Crippen LogP contribution in [0.25, 0.3) is 17.0 Å². The Hall–Kier alpha value is -1.91. The maximum atomic E-state index is 11.8. The molecule has 1 atom stereocenters. The van der Waals surface area contributed by atoms with Crippen molar-refractivity contribution in [3.8, 4) is 0 Å². The number of hydrogen-bond acceptors (Lipinski definition) is 4. The maximum absolute atomic E-state index is 11.8. The molecular formula is C19H22ClNO3. The van der Waals surface area contributed by atoms with E-state index in [0.717, 1.165) is 22.0 Å². The molecule has 24 heavy (non-hydrogen) atoms. The Morgan fingerprint density at radius 3 is 2.67 bits per heavy atom. The maximum Gasteiger partial charge on any atom is 0.315 e. The smallest absolute Gasteiger partial charge is 0.315 e. The van der Waals surface area contributed by atoms with Crippen molar-refractivity contribution < 1.29 is 14.6 Å². The molecular weight excluding hydrogens is 326 g/mol. The standard InChI is InChI=1S/C19H22ClNO3/c1-11-13(8-9-19(3,4)18(23)24-5)6-7-14-15(20)10-16(12(2)22)21-17(11)14/h6-10,12,22H,1-5H3/t12-/m1/s1. The van der Waals surface area contributed by atoms with Gasteiger partial charge < -0.3 is 9.84 Å². The number of ether oxygens (including phenoxy) is 1. The molecule has 1 N–H and O–H groups in total. The summed E-state index contributed by atoms with van der Waals surface area (Å²) in [5.74, 6) is -0.297. The molecule has 0 bridgehead atoms. The Balaban J connectivity index is 2.54. The van der Waals surface area contributed by atoms with E-state index in [1.54, 1.807) is 26.8 Å². The van der Waals surface area contributed by atoms with Crippen LogP contribution in [0.4, 0.5) is 0 Å². The zero-order chi connectivity index (χ0) is 18.1. The largest absolute Gasteiger partial charge is 0.468 e.